The van der Waals surface area contributed by atoms with Crippen LogP contribution in [0.5, 0.6) is 0 Å². The minimum atomic E-state index is -3.54. The fourth-order valence-electron chi connectivity index (χ4n) is 3.05. The van der Waals surface area contributed by atoms with Crippen molar-refractivity contribution in [2.75, 3.05) is 44.2 Å². The lowest BCUT2D eigenvalue weighted by molar-refractivity contribution is -0.122. The van der Waals surface area contributed by atoms with E-state index in [2.05, 4.69) is 24.8 Å². The molecular weight excluding hydrogens is 366 g/mol. The fourth-order valence-corrected chi connectivity index (χ4v) is 4.40. The minimum absolute atomic E-state index is 0.0450. The van der Waals surface area contributed by atoms with Gasteiger partial charge in [0.15, 0.2) is 0 Å². The summed E-state index contributed by atoms with van der Waals surface area (Å²) in [7, 11) is -3.54. The van der Waals surface area contributed by atoms with Crippen LogP contribution in [0, 0.1) is 0 Å². The van der Waals surface area contributed by atoms with Crippen LogP contribution in [0.4, 0.5) is 5.82 Å². The van der Waals surface area contributed by atoms with E-state index in [0.717, 1.165) is 44.8 Å². The molecule has 0 atom stereocenters. The number of carbonyl (C=O) groups is 1. The van der Waals surface area contributed by atoms with Crippen molar-refractivity contribution in [2.24, 2.45) is 0 Å². The van der Waals surface area contributed by atoms with E-state index in [1.165, 1.54) is 6.20 Å². The Labute approximate surface area is 162 Å². The van der Waals surface area contributed by atoms with Crippen molar-refractivity contribution in [2.45, 2.75) is 44.6 Å². The van der Waals surface area contributed by atoms with E-state index in [1.807, 2.05) is 20.8 Å². The third-order valence-corrected chi connectivity index (χ3v) is 6.28. The maximum absolute atomic E-state index is 12.4. The predicted molar refractivity (Wildman–Crippen MR) is 106 cm³/mol. The summed E-state index contributed by atoms with van der Waals surface area (Å²) >= 11 is 0. The number of nitrogens with zero attached hydrogens (tertiary/aromatic N) is 3. The van der Waals surface area contributed by atoms with Crippen molar-refractivity contribution in [1.29, 1.82) is 0 Å². The number of piperazine rings is 1. The number of amides is 1. The van der Waals surface area contributed by atoms with Gasteiger partial charge >= 0.3 is 0 Å². The summed E-state index contributed by atoms with van der Waals surface area (Å²) in [6.07, 6.45) is 2.92. The van der Waals surface area contributed by atoms with Crippen LogP contribution in [0.3, 0.4) is 0 Å². The molecule has 2 N–H and O–H groups in total. The monoisotopic (exact) mass is 397 g/mol. The first-order valence-electron chi connectivity index (χ1n) is 9.62. The van der Waals surface area contributed by atoms with Gasteiger partial charge in [-0.05, 0) is 31.9 Å². The molecule has 1 aliphatic heterocycles. The third-order valence-electron chi connectivity index (χ3n) is 4.78. The molecule has 27 heavy (non-hydrogen) atoms. The molecule has 2 rings (SSSR count). The lowest BCUT2D eigenvalue weighted by atomic mass is 10.2. The molecule has 1 amide bonds. The molecule has 152 valence electrons. The molecule has 0 radical (unpaired) electrons. The number of sulfonamides is 1. The molecule has 2 heterocycles. The first kappa shape index (κ1) is 21.6. The van der Waals surface area contributed by atoms with Gasteiger partial charge in [-0.25, -0.2) is 18.1 Å². The molecule has 0 aliphatic carbocycles. The van der Waals surface area contributed by atoms with E-state index >= 15 is 0 Å². The molecule has 0 bridgehead atoms. The first-order chi connectivity index (χ1) is 12.9. The van der Waals surface area contributed by atoms with E-state index < -0.39 is 10.0 Å². The number of nitrogens with one attached hydrogen (secondary N) is 2. The number of hydrogen-bond donors (Lipinski definition) is 2. The molecule has 1 aromatic heterocycles. The molecule has 1 fully saturated rings. The third kappa shape index (κ3) is 6.15. The van der Waals surface area contributed by atoms with Crippen molar-refractivity contribution in [1.82, 2.24) is 19.9 Å². The van der Waals surface area contributed by atoms with Gasteiger partial charge in [-0.3, -0.25) is 9.69 Å². The van der Waals surface area contributed by atoms with E-state index in [0.29, 0.717) is 13.1 Å². The van der Waals surface area contributed by atoms with Crippen LogP contribution < -0.4 is 14.9 Å². The van der Waals surface area contributed by atoms with Gasteiger partial charge in [0.25, 0.3) is 0 Å². The van der Waals surface area contributed by atoms with Crippen molar-refractivity contribution in [3.05, 3.63) is 18.3 Å². The zero-order valence-corrected chi connectivity index (χ0v) is 17.3. The van der Waals surface area contributed by atoms with Crippen molar-refractivity contribution >= 4 is 21.7 Å². The minimum Gasteiger partial charge on any atom is -0.355 e. The predicted octanol–water partition coefficient (Wildman–Crippen LogP) is 0.807. The second-order valence-electron chi connectivity index (χ2n) is 6.70. The highest BCUT2D eigenvalue weighted by atomic mass is 32.2. The second-order valence-corrected chi connectivity index (χ2v) is 8.42. The Bertz CT molecular complexity index is 696. The van der Waals surface area contributed by atoms with E-state index in [-0.39, 0.29) is 16.8 Å². The standard InChI is InChI=1S/C18H31N5O3S/c1-4-15(5-2)21-27(25,26)16-7-8-17(20-13-16)23-11-9-22(10-12-23)14-18(24)19-6-3/h7-8,13,15,21H,4-6,9-12,14H2,1-3H3,(H,19,24). The summed E-state index contributed by atoms with van der Waals surface area (Å²) in [6.45, 7) is 9.94. The Morgan fingerprint density at radius 2 is 1.81 bits per heavy atom. The van der Waals surface area contributed by atoms with Crippen molar-refractivity contribution in [3.8, 4) is 0 Å². The summed E-state index contributed by atoms with van der Waals surface area (Å²) in [5.74, 6) is 0.803. The van der Waals surface area contributed by atoms with E-state index in [4.69, 9.17) is 0 Å². The molecule has 0 saturated carbocycles. The number of rotatable bonds is 9. The van der Waals surface area contributed by atoms with Gasteiger partial charge in [0, 0.05) is 45.0 Å². The Balaban J connectivity index is 1.93. The maximum Gasteiger partial charge on any atom is 0.242 e. The summed E-state index contributed by atoms with van der Waals surface area (Å²) < 4.78 is 27.6. The highest BCUT2D eigenvalue weighted by molar-refractivity contribution is 7.89. The Kier molecular flexibility index (Phi) is 8.00. The molecule has 1 saturated heterocycles. The molecule has 1 aromatic rings. The average Bonchev–Trinajstić information content (AvgIpc) is 2.67. The highest BCUT2D eigenvalue weighted by Crippen LogP contribution is 2.17. The molecule has 0 spiro atoms. The summed E-state index contributed by atoms with van der Waals surface area (Å²) in [5.41, 5.74) is 0. The van der Waals surface area contributed by atoms with Gasteiger partial charge in [0.05, 0.1) is 6.54 Å². The van der Waals surface area contributed by atoms with E-state index in [9.17, 15) is 13.2 Å². The quantitative estimate of drug-likeness (QED) is 0.640. The number of likely N-dealkylation sites (N-methyl/N-ethyl adjacent to an activating group) is 1. The molecule has 0 aromatic carbocycles. The second kappa shape index (κ2) is 10.0. The Morgan fingerprint density at radius 3 is 2.33 bits per heavy atom. The number of carbonyl (C=O) groups excluding carboxylic acids is 1. The van der Waals surface area contributed by atoms with Gasteiger partial charge in [0.2, 0.25) is 15.9 Å². The van der Waals surface area contributed by atoms with Crippen LogP contribution in [0.25, 0.3) is 0 Å². The Morgan fingerprint density at radius 1 is 1.15 bits per heavy atom. The van der Waals surface area contributed by atoms with Crippen LogP contribution in [-0.4, -0.2) is 69.5 Å². The van der Waals surface area contributed by atoms with Crippen LogP contribution in [0.1, 0.15) is 33.6 Å². The number of pyridine rings is 1. The topological polar surface area (TPSA) is 94.6 Å². The molecule has 9 heteroatoms. The Hall–Kier alpha value is -1.71. The van der Waals surface area contributed by atoms with Crippen LogP contribution in [-0.2, 0) is 14.8 Å². The molecule has 0 unspecified atom stereocenters. The highest BCUT2D eigenvalue weighted by Gasteiger charge is 2.22. The van der Waals surface area contributed by atoms with Gasteiger partial charge < -0.3 is 10.2 Å². The SMILES string of the molecule is CCNC(=O)CN1CCN(c2ccc(S(=O)(=O)NC(CC)CC)cn2)CC1. The zero-order valence-electron chi connectivity index (χ0n) is 16.4. The van der Waals surface area contributed by atoms with Gasteiger partial charge in [-0.2, -0.15) is 0 Å². The first-order valence-corrected chi connectivity index (χ1v) is 11.1. The van der Waals surface area contributed by atoms with Crippen LogP contribution >= 0.6 is 0 Å². The smallest absolute Gasteiger partial charge is 0.242 e. The average molecular weight is 398 g/mol. The molecule has 1 aliphatic rings. The number of anilines is 1. The summed E-state index contributed by atoms with van der Waals surface area (Å²) in [4.78, 5) is 20.4. The van der Waals surface area contributed by atoms with Crippen molar-refractivity contribution in [3.63, 3.8) is 0 Å². The summed E-state index contributed by atoms with van der Waals surface area (Å²) in [5, 5.41) is 2.81. The maximum atomic E-state index is 12.4. The van der Waals surface area contributed by atoms with Crippen LogP contribution in [0.2, 0.25) is 0 Å². The molecular formula is C18H31N5O3S. The fraction of sp³-hybridized carbons (Fsp3) is 0.667. The lowest BCUT2D eigenvalue weighted by Crippen LogP contribution is -2.49. The summed E-state index contributed by atoms with van der Waals surface area (Å²) in [6, 6.07) is 3.29. The number of hydrogen-bond acceptors (Lipinski definition) is 6. The number of aromatic nitrogens is 1. The lowest BCUT2D eigenvalue weighted by Gasteiger charge is -2.35. The zero-order chi connectivity index (χ0) is 19.9. The van der Waals surface area contributed by atoms with Crippen molar-refractivity contribution < 1.29 is 13.2 Å². The largest absolute Gasteiger partial charge is 0.355 e. The van der Waals surface area contributed by atoms with E-state index in [1.54, 1.807) is 12.1 Å². The van der Waals surface area contributed by atoms with Gasteiger partial charge in [-0.1, -0.05) is 13.8 Å². The van der Waals surface area contributed by atoms with Crippen LogP contribution in [0.15, 0.2) is 23.2 Å². The molecule has 8 nitrogen and oxygen atoms in total. The van der Waals surface area contributed by atoms with Gasteiger partial charge in [-0.15, -0.1) is 0 Å². The van der Waals surface area contributed by atoms with Gasteiger partial charge in [0.1, 0.15) is 10.7 Å². The normalized spacial score (nSPS) is 15.9.